The summed E-state index contributed by atoms with van der Waals surface area (Å²) in [7, 11) is -3.70. The Bertz CT molecular complexity index is 1180. The fraction of sp³-hybridized carbons (Fsp3) is 0.375. The van der Waals surface area contributed by atoms with E-state index in [1.807, 2.05) is 13.8 Å². The quantitative estimate of drug-likeness (QED) is 0.310. The van der Waals surface area contributed by atoms with Gasteiger partial charge in [0.25, 0.3) is 0 Å². The Morgan fingerprint density at radius 2 is 1.68 bits per heavy atom. The zero-order valence-corrected chi connectivity index (χ0v) is 21.5. The number of anilines is 1. The SMILES string of the molecule is CCN(CC)CCCS(=O)(=O)Nc1c(-c2c(Cl)cccc2Cl)noc1CCc1ccc(F)cc1. The van der Waals surface area contributed by atoms with Crippen LogP contribution in [0.15, 0.2) is 47.0 Å². The summed E-state index contributed by atoms with van der Waals surface area (Å²) in [6.45, 7) is 6.48. The minimum absolute atomic E-state index is 0.0538. The molecule has 0 fully saturated rings. The molecule has 1 aromatic heterocycles. The molecule has 1 N–H and O–H groups in total. The number of sulfonamides is 1. The molecule has 3 rings (SSSR count). The molecule has 184 valence electrons. The normalized spacial score (nSPS) is 11.8. The highest BCUT2D eigenvalue weighted by molar-refractivity contribution is 7.92. The van der Waals surface area contributed by atoms with Gasteiger partial charge in [-0.05, 0) is 62.3 Å². The molecular weight excluding hydrogens is 500 g/mol. The van der Waals surface area contributed by atoms with E-state index in [0.717, 1.165) is 18.7 Å². The van der Waals surface area contributed by atoms with Crippen LogP contribution in [0.3, 0.4) is 0 Å². The molecule has 1 heterocycles. The number of nitrogens with zero attached hydrogens (tertiary/aromatic N) is 2. The van der Waals surface area contributed by atoms with E-state index >= 15 is 0 Å². The van der Waals surface area contributed by atoms with Crippen LogP contribution >= 0.6 is 23.2 Å². The number of halogens is 3. The van der Waals surface area contributed by atoms with Crippen molar-refractivity contribution >= 4 is 38.9 Å². The minimum Gasteiger partial charge on any atom is -0.358 e. The summed E-state index contributed by atoms with van der Waals surface area (Å²) < 4.78 is 47.4. The van der Waals surface area contributed by atoms with Gasteiger partial charge in [-0.15, -0.1) is 0 Å². The molecule has 0 radical (unpaired) electrons. The van der Waals surface area contributed by atoms with Gasteiger partial charge in [0.1, 0.15) is 17.2 Å². The van der Waals surface area contributed by atoms with Crippen LogP contribution in [-0.4, -0.2) is 43.9 Å². The van der Waals surface area contributed by atoms with E-state index in [1.54, 1.807) is 30.3 Å². The molecule has 0 unspecified atom stereocenters. The molecule has 10 heteroatoms. The van der Waals surface area contributed by atoms with Gasteiger partial charge < -0.3 is 9.42 Å². The smallest absolute Gasteiger partial charge is 0.232 e. The van der Waals surface area contributed by atoms with E-state index in [1.165, 1.54) is 12.1 Å². The summed E-state index contributed by atoms with van der Waals surface area (Å²) in [5.74, 6) is -0.0262. The summed E-state index contributed by atoms with van der Waals surface area (Å²) in [5, 5.41) is 4.77. The Balaban J connectivity index is 1.88. The highest BCUT2D eigenvalue weighted by Crippen LogP contribution is 2.40. The number of nitrogens with one attached hydrogen (secondary N) is 1. The van der Waals surface area contributed by atoms with Crippen molar-refractivity contribution < 1.29 is 17.3 Å². The van der Waals surface area contributed by atoms with Crippen molar-refractivity contribution in [3.8, 4) is 11.3 Å². The molecule has 0 saturated carbocycles. The lowest BCUT2D eigenvalue weighted by Gasteiger charge is -2.17. The van der Waals surface area contributed by atoms with Gasteiger partial charge in [0.2, 0.25) is 10.0 Å². The van der Waals surface area contributed by atoms with Crippen LogP contribution in [0.1, 0.15) is 31.6 Å². The monoisotopic (exact) mass is 527 g/mol. The first-order valence-corrected chi connectivity index (χ1v) is 13.5. The fourth-order valence-corrected chi connectivity index (χ4v) is 5.34. The molecule has 0 saturated heterocycles. The number of rotatable bonds is 12. The summed E-state index contributed by atoms with van der Waals surface area (Å²) in [6, 6.07) is 11.1. The lowest BCUT2D eigenvalue weighted by Crippen LogP contribution is -2.27. The highest BCUT2D eigenvalue weighted by Gasteiger charge is 2.25. The predicted octanol–water partition coefficient (Wildman–Crippen LogP) is 6.05. The molecule has 0 amide bonds. The van der Waals surface area contributed by atoms with Gasteiger partial charge in [-0.2, -0.15) is 0 Å². The minimum atomic E-state index is -3.70. The van der Waals surface area contributed by atoms with Crippen LogP contribution in [0.5, 0.6) is 0 Å². The van der Waals surface area contributed by atoms with E-state index in [9.17, 15) is 12.8 Å². The first-order valence-electron chi connectivity index (χ1n) is 11.1. The Hall–Kier alpha value is -2.13. The molecule has 0 spiro atoms. The van der Waals surface area contributed by atoms with E-state index < -0.39 is 10.0 Å². The van der Waals surface area contributed by atoms with Crippen molar-refractivity contribution in [3.63, 3.8) is 0 Å². The number of aryl methyl sites for hydroxylation is 2. The van der Waals surface area contributed by atoms with Crippen LogP contribution in [0.4, 0.5) is 10.1 Å². The van der Waals surface area contributed by atoms with Gasteiger partial charge in [-0.25, -0.2) is 12.8 Å². The molecule has 0 aliphatic carbocycles. The Kier molecular flexibility index (Phi) is 9.36. The molecule has 0 bridgehead atoms. The van der Waals surface area contributed by atoms with Gasteiger partial charge in [0.05, 0.1) is 15.8 Å². The van der Waals surface area contributed by atoms with Crippen LogP contribution < -0.4 is 4.72 Å². The topological polar surface area (TPSA) is 75.4 Å². The number of hydrogen-bond acceptors (Lipinski definition) is 5. The van der Waals surface area contributed by atoms with Gasteiger partial charge in [-0.3, -0.25) is 4.72 Å². The second-order valence-corrected chi connectivity index (χ2v) is 10.5. The van der Waals surface area contributed by atoms with Crippen LogP contribution in [-0.2, 0) is 22.9 Å². The molecule has 2 aromatic carbocycles. The lowest BCUT2D eigenvalue weighted by atomic mass is 10.1. The predicted molar refractivity (Wildman–Crippen MR) is 136 cm³/mol. The molecule has 6 nitrogen and oxygen atoms in total. The second-order valence-electron chi connectivity index (χ2n) is 7.85. The van der Waals surface area contributed by atoms with Crippen molar-refractivity contribution in [2.75, 3.05) is 30.1 Å². The molecule has 34 heavy (non-hydrogen) atoms. The van der Waals surface area contributed by atoms with E-state index in [0.29, 0.717) is 47.2 Å². The Labute approximate surface area is 210 Å². The first kappa shape index (κ1) is 26.5. The molecule has 0 atom stereocenters. The van der Waals surface area contributed by atoms with Crippen molar-refractivity contribution in [1.29, 1.82) is 0 Å². The molecule has 0 aliphatic rings. The fourth-order valence-electron chi connectivity index (χ4n) is 3.63. The summed E-state index contributed by atoms with van der Waals surface area (Å²) >= 11 is 12.7. The van der Waals surface area contributed by atoms with Crippen molar-refractivity contribution in [3.05, 3.63) is 69.7 Å². The third-order valence-electron chi connectivity index (χ3n) is 5.56. The van der Waals surface area contributed by atoms with Crippen LogP contribution in [0.2, 0.25) is 10.0 Å². The lowest BCUT2D eigenvalue weighted by molar-refractivity contribution is 0.305. The third kappa shape index (κ3) is 6.95. The van der Waals surface area contributed by atoms with E-state index in [4.69, 9.17) is 27.7 Å². The zero-order chi connectivity index (χ0) is 24.7. The largest absolute Gasteiger partial charge is 0.358 e. The van der Waals surface area contributed by atoms with Crippen molar-refractivity contribution in [1.82, 2.24) is 10.1 Å². The average molecular weight is 528 g/mol. The Morgan fingerprint density at radius 1 is 1.03 bits per heavy atom. The summed E-state index contributed by atoms with van der Waals surface area (Å²) in [6.07, 6.45) is 1.33. The second kappa shape index (κ2) is 12.0. The molecule has 0 aliphatic heterocycles. The molecule has 3 aromatic rings. The highest BCUT2D eigenvalue weighted by atomic mass is 35.5. The zero-order valence-electron chi connectivity index (χ0n) is 19.2. The van der Waals surface area contributed by atoms with Crippen LogP contribution in [0.25, 0.3) is 11.3 Å². The molecular formula is C24H28Cl2FN3O3S. The van der Waals surface area contributed by atoms with Gasteiger partial charge in [-0.1, -0.05) is 60.4 Å². The standard InChI is InChI=1S/C24H28Cl2FN3O3S/c1-3-30(4-2)15-6-16-34(31,32)29-23-21(14-11-17-9-12-18(27)13-10-17)33-28-24(23)22-19(25)7-5-8-20(22)26/h5,7-10,12-13,29H,3-4,6,11,14-16H2,1-2H3. The third-order valence-corrected chi connectivity index (χ3v) is 7.53. The van der Waals surface area contributed by atoms with E-state index in [2.05, 4.69) is 14.8 Å². The van der Waals surface area contributed by atoms with Gasteiger partial charge >= 0.3 is 0 Å². The van der Waals surface area contributed by atoms with Crippen molar-refractivity contribution in [2.24, 2.45) is 0 Å². The summed E-state index contributed by atoms with van der Waals surface area (Å²) in [5.41, 5.74) is 1.73. The summed E-state index contributed by atoms with van der Waals surface area (Å²) in [4.78, 5) is 2.16. The van der Waals surface area contributed by atoms with Crippen molar-refractivity contribution in [2.45, 2.75) is 33.1 Å². The van der Waals surface area contributed by atoms with Crippen LogP contribution in [0, 0.1) is 5.82 Å². The maximum atomic E-state index is 13.2. The first-order chi connectivity index (χ1) is 16.2. The number of benzene rings is 2. The maximum Gasteiger partial charge on any atom is 0.232 e. The number of aromatic nitrogens is 1. The average Bonchev–Trinajstić information content (AvgIpc) is 3.17. The van der Waals surface area contributed by atoms with Gasteiger partial charge in [0.15, 0.2) is 5.76 Å². The maximum absolute atomic E-state index is 13.2. The van der Waals surface area contributed by atoms with E-state index in [-0.39, 0.29) is 23.0 Å². The Morgan fingerprint density at radius 3 is 2.29 bits per heavy atom. The van der Waals surface area contributed by atoms with Gasteiger partial charge in [0, 0.05) is 12.0 Å². The number of hydrogen-bond donors (Lipinski definition) is 1.